The first kappa shape index (κ1) is 20.3. The molecule has 0 saturated carbocycles. The number of benzene rings is 1. The SMILES string of the molecule is CC(C)(C)OC(=O)NCC[C@@H](SC(=O)c1ccccc1)c1cc(Cl)no1. The number of hydrogen-bond acceptors (Lipinski definition) is 6. The summed E-state index contributed by atoms with van der Waals surface area (Å²) in [6.45, 7) is 5.69. The molecule has 1 amide bonds. The van der Waals surface area contributed by atoms with Crippen LogP contribution in [0.15, 0.2) is 40.9 Å². The quantitative estimate of drug-likeness (QED) is 0.751. The van der Waals surface area contributed by atoms with Crippen LogP contribution in [0.4, 0.5) is 4.79 Å². The molecule has 0 aliphatic carbocycles. The lowest BCUT2D eigenvalue weighted by atomic mass is 10.2. The first-order chi connectivity index (χ1) is 12.2. The van der Waals surface area contributed by atoms with Crippen molar-refractivity contribution in [1.82, 2.24) is 10.5 Å². The maximum absolute atomic E-state index is 12.5. The normalized spacial score (nSPS) is 12.5. The molecule has 2 rings (SSSR count). The van der Waals surface area contributed by atoms with E-state index < -0.39 is 11.7 Å². The first-order valence-corrected chi connectivity index (χ1v) is 9.35. The Morgan fingerprint density at radius 1 is 1.31 bits per heavy atom. The minimum atomic E-state index is -0.569. The van der Waals surface area contributed by atoms with Gasteiger partial charge in [-0.2, -0.15) is 0 Å². The smallest absolute Gasteiger partial charge is 0.407 e. The number of thioether (sulfide) groups is 1. The highest BCUT2D eigenvalue weighted by Crippen LogP contribution is 2.35. The van der Waals surface area contributed by atoms with Gasteiger partial charge in [-0.3, -0.25) is 4.79 Å². The molecule has 0 unspecified atom stereocenters. The fourth-order valence-electron chi connectivity index (χ4n) is 2.07. The van der Waals surface area contributed by atoms with E-state index in [1.165, 1.54) is 0 Å². The van der Waals surface area contributed by atoms with Crippen molar-refractivity contribution in [3.8, 4) is 0 Å². The van der Waals surface area contributed by atoms with E-state index >= 15 is 0 Å². The van der Waals surface area contributed by atoms with Crippen LogP contribution >= 0.6 is 23.4 Å². The minimum absolute atomic E-state index is 0.0969. The molecule has 0 fully saturated rings. The Morgan fingerprint density at radius 3 is 2.58 bits per heavy atom. The molecule has 8 heteroatoms. The van der Waals surface area contributed by atoms with Gasteiger partial charge in [0.25, 0.3) is 0 Å². The van der Waals surface area contributed by atoms with Crippen LogP contribution in [0.2, 0.25) is 5.15 Å². The number of hydrogen-bond donors (Lipinski definition) is 1. The summed E-state index contributed by atoms with van der Waals surface area (Å²) in [6, 6.07) is 10.5. The van der Waals surface area contributed by atoms with Gasteiger partial charge in [0.15, 0.2) is 10.9 Å². The highest BCUT2D eigenvalue weighted by molar-refractivity contribution is 8.14. The number of nitrogens with one attached hydrogen (secondary N) is 1. The largest absolute Gasteiger partial charge is 0.444 e. The number of rotatable bonds is 6. The van der Waals surface area contributed by atoms with Gasteiger partial charge in [0.05, 0.1) is 5.25 Å². The zero-order valence-electron chi connectivity index (χ0n) is 14.8. The number of amides is 1. The van der Waals surface area contributed by atoms with Crippen LogP contribution in [-0.2, 0) is 4.74 Å². The van der Waals surface area contributed by atoms with Crippen LogP contribution in [0.5, 0.6) is 0 Å². The average Bonchev–Trinajstić information content (AvgIpc) is 2.99. The highest BCUT2D eigenvalue weighted by Gasteiger charge is 2.23. The van der Waals surface area contributed by atoms with Crippen molar-refractivity contribution in [2.75, 3.05) is 6.54 Å². The number of carbonyl (C=O) groups is 2. The topological polar surface area (TPSA) is 81.4 Å². The fraction of sp³-hybridized carbons (Fsp3) is 0.389. The molecule has 26 heavy (non-hydrogen) atoms. The van der Waals surface area contributed by atoms with Crippen LogP contribution in [0.1, 0.15) is 48.6 Å². The van der Waals surface area contributed by atoms with E-state index in [9.17, 15) is 9.59 Å². The summed E-state index contributed by atoms with van der Waals surface area (Å²) >= 11 is 6.93. The van der Waals surface area contributed by atoms with E-state index in [0.29, 0.717) is 24.3 Å². The summed E-state index contributed by atoms with van der Waals surface area (Å²) < 4.78 is 10.4. The maximum atomic E-state index is 12.5. The Labute approximate surface area is 161 Å². The lowest BCUT2D eigenvalue weighted by Crippen LogP contribution is -2.33. The molecule has 0 aliphatic rings. The minimum Gasteiger partial charge on any atom is -0.444 e. The maximum Gasteiger partial charge on any atom is 0.407 e. The van der Waals surface area contributed by atoms with Gasteiger partial charge in [-0.05, 0) is 27.2 Å². The van der Waals surface area contributed by atoms with E-state index in [2.05, 4.69) is 10.5 Å². The Morgan fingerprint density at radius 2 is 2.00 bits per heavy atom. The first-order valence-electron chi connectivity index (χ1n) is 8.09. The van der Waals surface area contributed by atoms with Gasteiger partial charge in [-0.15, -0.1) is 0 Å². The molecular formula is C18H21ClN2O4S. The van der Waals surface area contributed by atoms with Crippen LogP contribution in [-0.4, -0.2) is 28.5 Å². The fourth-order valence-corrected chi connectivity index (χ4v) is 3.20. The second kappa shape index (κ2) is 9.09. The third-order valence-electron chi connectivity index (χ3n) is 3.15. The molecular weight excluding hydrogens is 376 g/mol. The Bertz CT molecular complexity index is 743. The van der Waals surface area contributed by atoms with Gasteiger partial charge in [-0.1, -0.05) is 58.9 Å². The Kier molecular flexibility index (Phi) is 7.11. The third kappa shape index (κ3) is 6.72. The molecule has 0 saturated heterocycles. The molecule has 6 nitrogen and oxygen atoms in total. The van der Waals surface area contributed by atoms with Crippen molar-refractivity contribution in [3.63, 3.8) is 0 Å². The predicted molar refractivity (Wildman–Crippen MR) is 101 cm³/mol. The van der Waals surface area contributed by atoms with E-state index in [4.69, 9.17) is 20.9 Å². The second-order valence-corrected chi connectivity index (χ2v) is 8.09. The summed E-state index contributed by atoms with van der Waals surface area (Å²) in [5.41, 5.74) is 0.0215. The summed E-state index contributed by atoms with van der Waals surface area (Å²) in [7, 11) is 0. The molecule has 1 N–H and O–H groups in total. The van der Waals surface area contributed by atoms with Gasteiger partial charge in [0, 0.05) is 18.2 Å². The Hall–Kier alpha value is -1.99. The van der Waals surface area contributed by atoms with Crippen LogP contribution in [0, 0.1) is 0 Å². The average molecular weight is 397 g/mol. The molecule has 0 aliphatic heterocycles. The van der Waals surface area contributed by atoms with Crippen molar-refractivity contribution in [2.45, 2.75) is 38.0 Å². The monoisotopic (exact) mass is 396 g/mol. The van der Waals surface area contributed by atoms with Gasteiger partial charge in [-0.25, -0.2) is 4.79 Å². The van der Waals surface area contributed by atoms with Crippen molar-refractivity contribution < 1.29 is 18.8 Å². The van der Waals surface area contributed by atoms with Gasteiger partial charge in [0.1, 0.15) is 5.60 Å². The highest BCUT2D eigenvalue weighted by atomic mass is 35.5. The number of alkyl carbamates (subject to hydrolysis) is 1. The summed E-state index contributed by atoms with van der Waals surface area (Å²) in [5, 5.41) is 6.13. The van der Waals surface area contributed by atoms with Crippen molar-refractivity contribution >= 4 is 34.6 Å². The van der Waals surface area contributed by atoms with Crippen LogP contribution in [0.3, 0.4) is 0 Å². The molecule has 0 bridgehead atoms. The molecule has 1 atom stereocenters. The second-order valence-electron chi connectivity index (χ2n) is 6.53. The van der Waals surface area contributed by atoms with Crippen LogP contribution < -0.4 is 5.32 Å². The number of nitrogens with zero attached hydrogens (tertiary/aromatic N) is 1. The lowest BCUT2D eigenvalue weighted by molar-refractivity contribution is 0.0527. The number of carbonyl (C=O) groups excluding carboxylic acids is 2. The van der Waals surface area contributed by atoms with E-state index in [1.807, 2.05) is 6.07 Å². The standard InChI is InChI=1S/C18H21ClN2O4S/c1-18(2,3)24-17(23)20-10-9-14(13-11-15(19)21-25-13)26-16(22)12-7-5-4-6-8-12/h4-8,11,14H,9-10H2,1-3H3,(H,20,23)/t14-/m1/s1. The molecule has 2 aromatic rings. The summed E-state index contributed by atoms with van der Waals surface area (Å²) in [5.74, 6) is 0.482. The predicted octanol–water partition coefficient (Wildman–Crippen LogP) is 4.86. The van der Waals surface area contributed by atoms with E-state index in [0.717, 1.165) is 11.8 Å². The van der Waals surface area contributed by atoms with Gasteiger partial charge >= 0.3 is 6.09 Å². The molecule has 1 aromatic heterocycles. The van der Waals surface area contributed by atoms with Crippen molar-refractivity contribution in [3.05, 3.63) is 52.9 Å². The van der Waals surface area contributed by atoms with Crippen molar-refractivity contribution in [1.29, 1.82) is 0 Å². The number of ether oxygens (including phenoxy) is 1. The van der Waals surface area contributed by atoms with Crippen molar-refractivity contribution in [2.24, 2.45) is 0 Å². The molecule has 0 radical (unpaired) electrons. The van der Waals surface area contributed by atoms with E-state index in [1.54, 1.807) is 51.1 Å². The number of halogens is 1. The van der Waals surface area contributed by atoms with Gasteiger partial charge < -0.3 is 14.6 Å². The number of aromatic nitrogens is 1. The lowest BCUT2D eigenvalue weighted by Gasteiger charge is -2.20. The Balaban J connectivity index is 1.98. The zero-order valence-corrected chi connectivity index (χ0v) is 16.4. The zero-order chi connectivity index (χ0) is 19.2. The molecule has 1 aromatic carbocycles. The van der Waals surface area contributed by atoms with Gasteiger partial charge in [0.2, 0.25) is 5.12 Å². The van der Waals surface area contributed by atoms with E-state index in [-0.39, 0.29) is 15.5 Å². The third-order valence-corrected chi connectivity index (χ3v) is 4.53. The molecule has 140 valence electrons. The summed E-state index contributed by atoms with van der Waals surface area (Å²) in [4.78, 5) is 24.2. The summed E-state index contributed by atoms with van der Waals surface area (Å²) in [6.07, 6.45) is -0.0557. The molecule has 1 heterocycles. The molecule has 0 spiro atoms. The van der Waals surface area contributed by atoms with Crippen LogP contribution in [0.25, 0.3) is 0 Å².